The molecule has 0 spiro atoms. The Labute approximate surface area is 110 Å². The molecule has 0 saturated carbocycles. The summed E-state index contributed by atoms with van der Waals surface area (Å²) in [6.45, 7) is 2.38. The Bertz CT molecular complexity index is 534. The molecule has 0 fully saturated rings. The molecule has 0 aliphatic rings. The van der Waals surface area contributed by atoms with Crippen LogP contribution < -0.4 is 5.32 Å². The smallest absolute Gasteiger partial charge is 0.273 e. The maximum Gasteiger partial charge on any atom is 0.273 e. The van der Waals surface area contributed by atoms with Gasteiger partial charge in [0.2, 0.25) is 0 Å². The van der Waals surface area contributed by atoms with Crippen LogP contribution in [0.15, 0.2) is 34.9 Å². The molecule has 0 saturated heterocycles. The van der Waals surface area contributed by atoms with Gasteiger partial charge >= 0.3 is 0 Å². The van der Waals surface area contributed by atoms with Crippen molar-refractivity contribution in [1.82, 2.24) is 10.5 Å². The van der Waals surface area contributed by atoms with Crippen molar-refractivity contribution >= 4 is 17.5 Å². The third-order valence-corrected chi connectivity index (χ3v) is 2.76. The van der Waals surface area contributed by atoms with E-state index in [1.807, 2.05) is 19.1 Å². The fraction of sp³-hybridized carbons (Fsp3) is 0.231. The third kappa shape index (κ3) is 3.11. The molecule has 0 radical (unpaired) electrons. The quantitative estimate of drug-likeness (QED) is 0.924. The highest BCUT2D eigenvalue weighted by Gasteiger charge is 2.11. The van der Waals surface area contributed by atoms with Crippen LogP contribution in [0.2, 0.25) is 5.02 Å². The van der Waals surface area contributed by atoms with Crippen molar-refractivity contribution in [2.24, 2.45) is 0 Å². The topological polar surface area (TPSA) is 55.1 Å². The lowest BCUT2D eigenvalue weighted by molar-refractivity contribution is 0.0942. The molecule has 0 unspecified atom stereocenters. The first-order valence-corrected chi connectivity index (χ1v) is 6.05. The molecule has 2 aromatic rings. The number of carbonyl (C=O) groups excluding carboxylic acids is 1. The number of benzene rings is 1. The Balaban J connectivity index is 1.93. The largest absolute Gasteiger partial charge is 0.361 e. The van der Waals surface area contributed by atoms with Crippen molar-refractivity contribution < 1.29 is 9.32 Å². The molecule has 94 valence electrons. The minimum atomic E-state index is -0.242. The number of nitrogens with zero attached hydrogens (tertiary/aromatic N) is 1. The van der Waals surface area contributed by atoms with E-state index in [1.54, 1.807) is 18.2 Å². The van der Waals surface area contributed by atoms with Crippen molar-refractivity contribution in [3.8, 4) is 0 Å². The van der Waals surface area contributed by atoms with E-state index in [4.69, 9.17) is 16.1 Å². The average Bonchev–Trinajstić information content (AvgIpc) is 2.86. The first kappa shape index (κ1) is 12.6. The van der Waals surface area contributed by atoms with Crippen LogP contribution in [-0.2, 0) is 13.0 Å². The summed E-state index contributed by atoms with van der Waals surface area (Å²) in [6, 6.07) is 8.95. The van der Waals surface area contributed by atoms with Gasteiger partial charge in [0, 0.05) is 24.1 Å². The minimum Gasteiger partial charge on any atom is -0.361 e. The summed E-state index contributed by atoms with van der Waals surface area (Å²) < 4.78 is 4.97. The highest BCUT2D eigenvalue weighted by molar-refractivity contribution is 6.30. The molecular formula is C13H13ClN2O2. The van der Waals surface area contributed by atoms with Crippen LogP contribution in [0.5, 0.6) is 0 Å². The van der Waals surface area contributed by atoms with E-state index < -0.39 is 0 Å². The van der Waals surface area contributed by atoms with E-state index >= 15 is 0 Å². The molecular weight excluding hydrogens is 252 g/mol. The Kier molecular flexibility index (Phi) is 3.99. The van der Waals surface area contributed by atoms with Gasteiger partial charge in [-0.3, -0.25) is 4.79 Å². The van der Waals surface area contributed by atoms with Crippen LogP contribution in [0.1, 0.15) is 28.7 Å². The monoisotopic (exact) mass is 264 g/mol. The van der Waals surface area contributed by atoms with E-state index in [0.29, 0.717) is 23.0 Å². The van der Waals surface area contributed by atoms with Gasteiger partial charge < -0.3 is 9.84 Å². The van der Waals surface area contributed by atoms with Crippen LogP contribution in [0, 0.1) is 0 Å². The number of aryl methyl sites for hydroxylation is 1. The number of hydrogen-bond donors (Lipinski definition) is 1. The number of amides is 1. The number of carbonyl (C=O) groups is 1. The molecule has 0 bridgehead atoms. The lowest BCUT2D eigenvalue weighted by atomic mass is 10.2. The zero-order valence-electron chi connectivity index (χ0n) is 9.94. The summed E-state index contributed by atoms with van der Waals surface area (Å²) in [4.78, 5) is 11.8. The maximum atomic E-state index is 11.8. The highest BCUT2D eigenvalue weighted by atomic mass is 35.5. The van der Waals surface area contributed by atoms with E-state index in [-0.39, 0.29) is 5.91 Å². The summed E-state index contributed by atoms with van der Waals surface area (Å²) in [7, 11) is 0. The summed E-state index contributed by atoms with van der Waals surface area (Å²) in [5.74, 6) is 0.458. The van der Waals surface area contributed by atoms with Crippen LogP contribution in [0.3, 0.4) is 0 Å². The molecule has 1 N–H and O–H groups in total. The van der Waals surface area contributed by atoms with Gasteiger partial charge in [-0.1, -0.05) is 35.8 Å². The van der Waals surface area contributed by atoms with Gasteiger partial charge in [-0.15, -0.1) is 0 Å². The zero-order valence-corrected chi connectivity index (χ0v) is 10.7. The van der Waals surface area contributed by atoms with Crippen molar-refractivity contribution in [1.29, 1.82) is 0 Å². The first-order valence-electron chi connectivity index (χ1n) is 5.67. The number of rotatable bonds is 4. The molecule has 5 heteroatoms. The lowest BCUT2D eigenvalue weighted by Gasteiger charge is -2.02. The molecule has 2 rings (SSSR count). The van der Waals surface area contributed by atoms with Crippen LogP contribution >= 0.6 is 11.6 Å². The van der Waals surface area contributed by atoms with E-state index in [9.17, 15) is 4.79 Å². The van der Waals surface area contributed by atoms with Crippen molar-refractivity contribution in [2.75, 3.05) is 0 Å². The molecule has 1 aromatic heterocycles. The molecule has 18 heavy (non-hydrogen) atoms. The number of halogens is 1. The lowest BCUT2D eigenvalue weighted by Crippen LogP contribution is -2.22. The molecule has 1 heterocycles. The van der Waals surface area contributed by atoms with Gasteiger partial charge in [-0.05, 0) is 17.7 Å². The van der Waals surface area contributed by atoms with E-state index in [2.05, 4.69) is 10.5 Å². The fourth-order valence-electron chi connectivity index (χ4n) is 1.46. The Morgan fingerprint density at radius 2 is 2.11 bits per heavy atom. The molecule has 0 aliphatic heterocycles. The molecule has 1 aromatic carbocycles. The van der Waals surface area contributed by atoms with Crippen molar-refractivity contribution in [3.63, 3.8) is 0 Å². The van der Waals surface area contributed by atoms with E-state index in [1.165, 1.54) is 0 Å². The van der Waals surface area contributed by atoms with E-state index in [0.717, 1.165) is 12.0 Å². The second-order valence-electron chi connectivity index (χ2n) is 3.84. The fourth-order valence-corrected chi connectivity index (χ4v) is 1.59. The second kappa shape index (κ2) is 5.69. The van der Waals surface area contributed by atoms with Gasteiger partial charge in [-0.2, -0.15) is 0 Å². The third-order valence-electron chi connectivity index (χ3n) is 2.51. The summed E-state index contributed by atoms with van der Waals surface area (Å²) in [5, 5.41) is 7.15. The number of hydrogen-bond acceptors (Lipinski definition) is 3. The summed E-state index contributed by atoms with van der Waals surface area (Å²) in [5.41, 5.74) is 1.28. The average molecular weight is 265 g/mol. The zero-order chi connectivity index (χ0) is 13.0. The first-order chi connectivity index (χ1) is 8.69. The maximum absolute atomic E-state index is 11.8. The van der Waals surface area contributed by atoms with Gasteiger partial charge in [0.05, 0.1) is 0 Å². The standard InChI is InChI=1S/C13H13ClN2O2/c1-2-11-7-12(16-18-11)13(17)15-8-9-3-5-10(14)6-4-9/h3-7H,2,8H2,1H3,(H,15,17). The van der Waals surface area contributed by atoms with Crippen LogP contribution in [-0.4, -0.2) is 11.1 Å². The number of nitrogens with one attached hydrogen (secondary N) is 1. The summed E-state index contributed by atoms with van der Waals surface area (Å²) in [6.07, 6.45) is 0.720. The second-order valence-corrected chi connectivity index (χ2v) is 4.28. The number of aromatic nitrogens is 1. The van der Waals surface area contributed by atoms with Gasteiger partial charge in [-0.25, -0.2) is 0 Å². The minimum absolute atomic E-state index is 0.242. The summed E-state index contributed by atoms with van der Waals surface area (Å²) >= 11 is 5.78. The van der Waals surface area contributed by atoms with Crippen molar-refractivity contribution in [2.45, 2.75) is 19.9 Å². The van der Waals surface area contributed by atoms with Gasteiger partial charge in [0.15, 0.2) is 5.69 Å². The Morgan fingerprint density at radius 1 is 1.39 bits per heavy atom. The van der Waals surface area contributed by atoms with Gasteiger partial charge in [0.25, 0.3) is 5.91 Å². The highest BCUT2D eigenvalue weighted by Crippen LogP contribution is 2.09. The SMILES string of the molecule is CCc1cc(C(=O)NCc2ccc(Cl)cc2)no1. The Hall–Kier alpha value is -1.81. The van der Waals surface area contributed by atoms with Crippen LogP contribution in [0.25, 0.3) is 0 Å². The molecule has 1 amide bonds. The van der Waals surface area contributed by atoms with Gasteiger partial charge in [0.1, 0.15) is 5.76 Å². The predicted octanol–water partition coefficient (Wildman–Crippen LogP) is 2.82. The van der Waals surface area contributed by atoms with Crippen molar-refractivity contribution in [3.05, 3.63) is 52.4 Å². The predicted molar refractivity (Wildman–Crippen MR) is 68.5 cm³/mol. The molecule has 0 aliphatic carbocycles. The molecule has 4 nitrogen and oxygen atoms in total. The van der Waals surface area contributed by atoms with Crippen LogP contribution in [0.4, 0.5) is 0 Å². The normalized spacial score (nSPS) is 10.3. The molecule has 0 atom stereocenters. The Morgan fingerprint density at radius 3 is 2.72 bits per heavy atom.